The highest BCUT2D eigenvalue weighted by atomic mass is 16.2. The van der Waals surface area contributed by atoms with E-state index in [1.54, 1.807) is 18.2 Å². The van der Waals surface area contributed by atoms with E-state index in [2.05, 4.69) is 10.6 Å². The van der Waals surface area contributed by atoms with Crippen molar-refractivity contribution in [2.75, 3.05) is 10.6 Å². The van der Waals surface area contributed by atoms with E-state index in [0.717, 1.165) is 12.8 Å². The first-order valence-corrected chi connectivity index (χ1v) is 6.37. The first-order chi connectivity index (χ1) is 9.10. The summed E-state index contributed by atoms with van der Waals surface area (Å²) in [6.07, 6.45) is 2.10. The van der Waals surface area contributed by atoms with E-state index in [9.17, 15) is 14.4 Å². The van der Waals surface area contributed by atoms with Crippen LogP contribution in [0, 0.1) is 0 Å². The molecule has 2 N–H and O–H groups in total. The third-order valence-corrected chi connectivity index (χ3v) is 2.97. The quantitative estimate of drug-likeness (QED) is 0.644. The van der Waals surface area contributed by atoms with E-state index in [0.29, 0.717) is 23.4 Å². The summed E-state index contributed by atoms with van der Waals surface area (Å²) in [5, 5.41) is 5.26. The minimum Gasteiger partial charge on any atom is -0.324 e. The van der Waals surface area contributed by atoms with Crippen LogP contribution in [0.4, 0.5) is 11.4 Å². The largest absolute Gasteiger partial charge is 0.324 e. The van der Waals surface area contributed by atoms with Crippen LogP contribution in [0.15, 0.2) is 18.2 Å². The fourth-order valence-electron chi connectivity index (χ4n) is 1.95. The van der Waals surface area contributed by atoms with Crippen molar-refractivity contribution < 1.29 is 14.4 Å². The third-order valence-electron chi connectivity index (χ3n) is 2.97. The van der Waals surface area contributed by atoms with E-state index in [4.69, 9.17) is 0 Å². The number of amides is 2. The number of carbonyl (C=O) groups excluding carboxylic acids is 3. The normalized spacial score (nSPS) is 14.2. The molecular formula is C14H16N2O3. The molecule has 0 radical (unpaired) electrons. The minimum atomic E-state index is -0.366. The molecule has 0 unspecified atom stereocenters. The van der Waals surface area contributed by atoms with Crippen LogP contribution >= 0.6 is 0 Å². The molecule has 1 aromatic carbocycles. The van der Waals surface area contributed by atoms with Crippen LogP contribution in [-0.4, -0.2) is 17.6 Å². The lowest BCUT2D eigenvalue weighted by atomic mass is 10.0. The zero-order chi connectivity index (χ0) is 13.8. The molecule has 0 saturated heterocycles. The predicted molar refractivity (Wildman–Crippen MR) is 72.2 cm³/mol. The van der Waals surface area contributed by atoms with Gasteiger partial charge in [0.1, 0.15) is 6.42 Å². The zero-order valence-electron chi connectivity index (χ0n) is 10.8. The van der Waals surface area contributed by atoms with Crippen molar-refractivity contribution in [3.8, 4) is 0 Å². The molecule has 5 heteroatoms. The molecule has 1 aliphatic heterocycles. The monoisotopic (exact) mass is 260 g/mol. The zero-order valence-corrected chi connectivity index (χ0v) is 10.8. The summed E-state index contributed by atoms with van der Waals surface area (Å²) in [5.41, 5.74) is 1.57. The molecule has 100 valence electrons. The van der Waals surface area contributed by atoms with Crippen molar-refractivity contribution in [3.05, 3.63) is 23.8 Å². The number of unbranched alkanes of at least 4 members (excludes halogenated alkanes) is 1. The van der Waals surface area contributed by atoms with Crippen LogP contribution in [-0.2, 0) is 9.59 Å². The Morgan fingerprint density at radius 1 is 1.16 bits per heavy atom. The lowest BCUT2D eigenvalue weighted by Gasteiger charge is -2.09. The molecule has 0 aliphatic carbocycles. The fraction of sp³-hybridized carbons (Fsp3) is 0.357. The van der Waals surface area contributed by atoms with Crippen molar-refractivity contribution in [1.29, 1.82) is 0 Å². The summed E-state index contributed by atoms with van der Waals surface area (Å²) in [7, 11) is 0. The molecule has 0 aromatic heterocycles. The van der Waals surface area contributed by atoms with Crippen LogP contribution in [0.3, 0.4) is 0 Å². The van der Waals surface area contributed by atoms with Gasteiger partial charge >= 0.3 is 0 Å². The Bertz CT molecular complexity index is 537. The number of Topliss-reactive ketones (excluding diaryl/α,β-unsaturated/α-hetero) is 1. The molecule has 5 nitrogen and oxygen atoms in total. The second-order valence-electron chi connectivity index (χ2n) is 4.56. The van der Waals surface area contributed by atoms with E-state index in [1.807, 2.05) is 6.92 Å². The van der Waals surface area contributed by atoms with Gasteiger partial charge in [0, 0.05) is 12.0 Å². The lowest BCUT2D eigenvalue weighted by molar-refractivity contribution is -0.123. The summed E-state index contributed by atoms with van der Waals surface area (Å²) in [6.45, 7) is 2.03. The van der Waals surface area contributed by atoms with Gasteiger partial charge in [0.05, 0.1) is 11.4 Å². The number of benzene rings is 1. The topological polar surface area (TPSA) is 75.3 Å². The van der Waals surface area contributed by atoms with Gasteiger partial charge in [-0.3, -0.25) is 14.4 Å². The summed E-state index contributed by atoms with van der Waals surface area (Å²) in [5.74, 6) is -0.662. The van der Waals surface area contributed by atoms with E-state index in [1.165, 1.54) is 0 Å². The molecule has 0 atom stereocenters. The summed E-state index contributed by atoms with van der Waals surface area (Å²) in [6, 6.07) is 4.95. The van der Waals surface area contributed by atoms with Crippen molar-refractivity contribution in [3.63, 3.8) is 0 Å². The van der Waals surface area contributed by atoms with Crippen molar-refractivity contribution in [2.24, 2.45) is 0 Å². The summed E-state index contributed by atoms with van der Waals surface area (Å²) in [4.78, 5) is 34.8. The number of anilines is 2. The first-order valence-electron chi connectivity index (χ1n) is 6.37. The van der Waals surface area contributed by atoms with Gasteiger partial charge in [-0.05, 0) is 24.6 Å². The number of carbonyl (C=O) groups is 3. The standard InChI is InChI=1S/C14H16N2O3/c1-2-3-4-12(17)9-5-6-10-11(7-9)16-14(19)8-13(18)15-10/h5-7H,2-4,8H2,1H3,(H,15,18)(H,16,19). The van der Waals surface area contributed by atoms with Gasteiger partial charge in [0.15, 0.2) is 5.78 Å². The Hall–Kier alpha value is -2.17. The Kier molecular flexibility index (Phi) is 3.94. The molecular weight excluding hydrogens is 244 g/mol. The average Bonchev–Trinajstić information content (AvgIpc) is 2.51. The fourth-order valence-corrected chi connectivity index (χ4v) is 1.95. The van der Waals surface area contributed by atoms with Gasteiger partial charge in [0.2, 0.25) is 11.8 Å². The number of rotatable bonds is 4. The van der Waals surface area contributed by atoms with Crippen molar-refractivity contribution in [2.45, 2.75) is 32.6 Å². The maximum absolute atomic E-state index is 11.9. The maximum atomic E-state index is 11.9. The van der Waals surface area contributed by atoms with Crippen molar-refractivity contribution in [1.82, 2.24) is 0 Å². The number of nitrogens with one attached hydrogen (secondary N) is 2. The van der Waals surface area contributed by atoms with Gasteiger partial charge in [0.25, 0.3) is 0 Å². The molecule has 0 bridgehead atoms. The van der Waals surface area contributed by atoms with Crippen LogP contribution in [0.25, 0.3) is 0 Å². The SMILES string of the molecule is CCCCC(=O)c1ccc2c(c1)NC(=O)CC(=O)N2. The molecule has 19 heavy (non-hydrogen) atoms. The number of hydrogen-bond donors (Lipinski definition) is 2. The molecule has 2 amide bonds. The Labute approximate surface area is 111 Å². The van der Waals surface area contributed by atoms with Crippen LogP contribution in [0.2, 0.25) is 0 Å². The minimum absolute atomic E-state index is 0.0504. The highest BCUT2D eigenvalue weighted by molar-refractivity contribution is 6.14. The molecule has 0 fully saturated rings. The smallest absolute Gasteiger partial charge is 0.233 e. The molecule has 2 rings (SSSR count). The van der Waals surface area contributed by atoms with Gasteiger partial charge in [-0.1, -0.05) is 13.3 Å². The second kappa shape index (κ2) is 5.65. The molecule has 1 heterocycles. The number of ketones is 1. The molecule has 1 aromatic rings. The Morgan fingerprint density at radius 2 is 1.84 bits per heavy atom. The lowest BCUT2D eigenvalue weighted by Crippen LogP contribution is -2.16. The highest BCUT2D eigenvalue weighted by Crippen LogP contribution is 2.26. The first kappa shape index (κ1) is 13.3. The van der Waals surface area contributed by atoms with Crippen LogP contribution in [0.5, 0.6) is 0 Å². The third kappa shape index (κ3) is 3.19. The number of fused-ring (bicyclic) bond motifs is 1. The van der Waals surface area contributed by atoms with Crippen molar-refractivity contribution >= 4 is 29.0 Å². The molecule has 0 spiro atoms. The van der Waals surface area contributed by atoms with E-state index < -0.39 is 0 Å². The van der Waals surface area contributed by atoms with Gasteiger partial charge in [-0.15, -0.1) is 0 Å². The predicted octanol–water partition coefficient (Wildman–Crippen LogP) is 2.34. The van der Waals surface area contributed by atoms with Crippen LogP contribution in [0.1, 0.15) is 43.0 Å². The number of hydrogen-bond acceptors (Lipinski definition) is 3. The average molecular weight is 260 g/mol. The summed E-state index contributed by atoms with van der Waals surface area (Å²) < 4.78 is 0. The maximum Gasteiger partial charge on any atom is 0.233 e. The van der Waals surface area contributed by atoms with Gasteiger partial charge in [-0.2, -0.15) is 0 Å². The second-order valence-corrected chi connectivity index (χ2v) is 4.56. The molecule has 0 saturated carbocycles. The summed E-state index contributed by atoms with van der Waals surface area (Å²) >= 11 is 0. The van der Waals surface area contributed by atoms with Gasteiger partial charge in [-0.25, -0.2) is 0 Å². The molecule has 1 aliphatic rings. The van der Waals surface area contributed by atoms with E-state index in [-0.39, 0.29) is 24.0 Å². The van der Waals surface area contributed by atoms with Crippen LogP contribution < -0.4 is 10.6 Å². The Balaban J connectivity index is 2.25. The van der Waals surface area contributed by atoms with Gasteiger partial charge < -0.3 is 10.6 Å². The van der Waals surface area contributed by atoms with E-state index >= 15 is 0 Å². The Morgan fingerprint density at radius 3 is 2.53 bits per heavy atom. The highest BCUT2D eigenvalue weighted by Gasteiger charge is 2.19.